The number of hydrogen-bond donors (Lipinski definition) is 0. The Morgan fingerprint density at radius 2 is 1.50 bits per heavy atom. The number of furan rings is 1. The summed E-state index contributed by atoms with van der Waals surface area (Å²) >= 11 is 0. The molecule has 24 heavy (non-hydrogen) atoms. The third-order valence-corrected chi connectivity index (χ3v) is 3.97. The summed E-state index contributed by atoms with van der Waals surface area (Å²) in [5, 5.41) is 0. The summed E-state index contributed by atoms with van der Waals surface area (Å²) in [6, 6.07) is 18.5. The fourth-order valence-corrected chi connectivity index (χ4v) is 2.93. The molecule has 0 aliphatic heterocycles. The zero-order chi connectivity index (χ0) is 17.1. The van der Waals surface area contributed by atoms with Crippen molar-refractivity contribution in [2.45, 2.75) is 20.8 Å². The minimum atomic E-state index is 0.852. The fraction of sp³-hybridized carbons (Fsp3) is 0.182. The Morgan fingerprint density at radius 1 is 0.875 bits per heavy atom. The second-order valence-electron chi connectivity index (χ2n) is 6.09. The van der Waals surface area contributed by atoms with Gasteiger partial charge >= 0.3 is 0 Å². The Bertz CT molecular complexity index is 849. The largest absolute Gasteiger partial charge is 0.497 e. The van der Waals surface area contributed by atoms with Crippen molar-refractivity contribution in [3.05, 3.63) is 71.7 Å². The molecule has 0 unspecified atom stereocenters. The molecule has 2 heteroatoms. The molecular weight excluding hydrogens is 296 g/mol. The lowest BCUT2D eigenvalue weighted by molar-refractivity contribution is 0.415. The standard InChI is InChI=1S/C22H22O2/c1-15(2)14-20-22(17-8-6-5-7-9-17)21(16(3)24-20)18-10-12-19(23-4)13-11-18/h5-14H,1-4H3. The number of methoxy groups -OCH3 is 1. The predicted molar refractivity (Wildman–Crippen MR) is 100 cm³/mol. The molecule has 1 heterocycles. The van der Waals surface area contributed by atoms with Crippen LogP contribution in [0.5, 0.6) is 5.75 Å². The van der Waals surface area contributed by atoms with Crippen LogP contribution >= 0.6 is 0 Å². The van der Waals surface area contributed by atoms with E-state index in [1.807, 2.05) is 25.1 Å². The van der Waals surface area contributed by atoms with Gasteiger partial charge in [-0.25, -0.2) is 0 Å². The monoisotopic (exact) mass is 318 g/mol. The maximum Gasteiger partial charge on any atom is 0.135 e. The Labute approximate surface area is 143 Å². The molecule has 0 saturated carbocycles. The van der Waals surface area contributed by atoms with E-state index in [4.69, 9.17) is 9.15 Å². The highest BCUT2D eigenvalue weighted by Crippen LogP contribution is 2.41. The summed E-state index contributed by atoms with van der Waals surface area (Å²) in [5.41, 5.74) is 5.77. The maximum absolute atomic E-state index is 6.11. The van der Waals surface area contributed by atoms with E-state index in [9.17, 15) is 0 Å². The molecule has 0 aliphatic rings. The van der Waals surface area contributed by atoms with Crippen LogP contribution in [0.4, 0.5) is 0 Å². The van der Waals surface area contributed by atoms with Crippen LogP contribution in [-0.2, 0) is 0 Å². The van der Waals surface area contributed by atoms with E-state index in [1.165, 1.54) is 5.57 Å². The van der Waals surface area contributed by atoms with Gasteiger partial charge in [-0.3, -0.25) is 0 Å². The first-order valence-corrected chi connectivity index (χ1v) is 8.08. The van der Waals surface area contributed by atoms with Crippen molar-refractivity contribution in [3.8, 4) is 28.0 Å². The zero-order valence-corrected chi connectivity index (χ0v) is 14.6. The Hall–Kier alpha value is -2.74. The van der Waals surface area contributed by atoms with E-state index in [0.29, 0.717) is 0 Å². The predicted octanol–water partition coefficient (Wildman–Crippen LogP) is 6.35. The molecule has 0 atom stereocenters. The summed E-state index contributed by atoms with van der Waals surface area (Å²) < 4.78 is 11.4. The van der Waals surface area contributed by atoms with Gasteiger partial charge in [-0.1, -0.05) is 48.0 Å². The van der Waals surface area contributed by atoms with E-state index in [0.717, 1.165) is 39.5 Å². The van der Waals surface area contributed by atoms with Crippen molar-refractivity contribution < 1.29 is 9.15 Å². The van der Waals surface area contributed by atoms with Crippen LogP contribution in [-0.4, -0.2) is 7.11 Å². The molecule has 0 saturated heterocycles. The highest BCUT2D eigenvalue weighted by atomic mass is 16.5. The van der Waals surface area contributed by atoms with Crippen molar-refractivity contribution in [3.63, 3.8) is 0 Å². The number of benzene rings is 2. The molecule has 0 aliphatic carbocycles. The molecule has 0 spiro atoms. The maximum atomic E-state index is 6.11. The van der Waals surface area contributed by atoms with Gasteiger partial charge < -0.3 is 9.15 Å². The van der Waals surface area contributed by atoms with E-state index in [1.54, 1.807) is 7.11 Å². The Balaban J connectivity index is 2.24. The van der Waals surface area contributed by atoms with Crippen molar-refractivity contribution in [2.75, 3.05) is 7.11 Å². The first-order valence-electron chi connectivity index (χ1n) is 8.08. The van der Waals surface area contributed by atoms with E-state index in [-0.39, 0.29) is 0 Å². The Morgan fingerprint density at radius 3 is 2.08 bits per heavy atom. The SMILES string of the molecule is COc1ccc(-c2c(C)oc(C=C(C)C)c2-c2ccccc2)cc1. The molecule has 0 N–H and O–H groups in total. The van der Waals surface area contributed by atoms with E-state index >= 15 is 0 Å². The average molecular weight is 318 g/mol. The molecule has 2 nitrogen and oxygen atoms in total. The van der Waals surface area contributed by atoms with Gasteiger partial charge in [-0.2, -0.15) is 0 Å². The lowest BCUT2D eigenvalue weighted by atomic mass is 9.94. The van der Waals surface area contributed by atoms with Gasteiger partial charge in [-0.05, 0) is 50.1 Å². The first-order chi connectivity index (χ1) is 11.6. The second kappa shape index (κ2) is 6.79. The highest BCUT2D eigenvalue weighted by Gasteiger charge is 2.19. The molecule has 3 aromatic rings. The van der Waals surface area contributed by atoms with Crippen LogP contribution in [0.3, 0.4) is 0 Å². The Kier molecular flexibility index (Phi) is 4.57. The first kappa shape index (κ1) is 16.1. The third kappa shape index (κ3) is 3.13. The lowest BCUT2D eigenvalue weighted by Crippen LogP contribution is -1.86. The number of ether oxygens (including phenoxy) is 1. The fourth-order valence-electron chi connectivity index (χ4n) is 2.93. The summed E-state index contributed by atoms with van der Waals surface area (Å²) in [4.78, 5) is 0. The van der Waals surface area contributed by atoms with E-state index < -0.39 is 0 Å². The van der Waals surface area contributed by atoms with Crippen molar-refractivity contribution in [1.82, 2.24) is 0 Å². The lowest BCUT2D eigenvalue weighted by Gasteiger charge is -2.07. The molecule has 0 amide bonds. The molecule has 122 valence electrons. The van der Waals surface area contributed by atoms with Gasteiger partial charge in [0.1, 0.15) is 17.3 Å². The topological polar surface area (TPSA) is 22.4 Å². The second-order valence-corrected chi connectivity index (χ2v) is 6.09. The molecule has 0 bridgehead atoms. The summed E-state index contributed by atoms with van der Waals surface area (Å²) in [6.45, 7) is 6.19. The molecule has 0 radical (unpaired) electrons. The highest BCUT2D eigenvalue weighted by molar-refractivity contribution is 5.89. The normalized spacial score (nSPS) is 10.5. The van der Waals surface area contributed by atoms with Gasteiger partial charge in [0, 0.05) is 11.1 Å². The van der Waals surface area contributed by atoms with Crippen molar-refractivity contribution in [2.24, 2.45) is 0 Å². The van der Waals surface area contributed by atoms with Crippen LogP contribution in [0.1, 0.15) is 25.4 Å². The smallest absolute Gasteiger partial charge is 0.135 e. The quantitative estimate of drug-likeness (QED) is 0.559. The zero-order valence-electron chi connectivity index (χ0n) is 14.6. The van der Waals surface area contributed by atoms with Gasteiger partial charge in [0.05, 0.1) is 7.11 Å². The number of allylic oxidation sites excluding steroid dienone is 1. The molecule has 0 fully saturated rings. The number of rotatable bonds is 4. The van der Waals surface area contributed by atoms with Gasteiger partial charge in [-0.15, -0.1) is 0 Å². The summed E-state index contributed by atoms with van der Waals surface area (Å²) in [6.07, 6.45) is 2.10. The average Bonchev–Trinajstić information content (AvgIpc) is 2.91. The van der Waals surface area contributed by atoms with Gasteiger partial charge in [0.25, 0.3) is 0 Å². The van der Waals surface area contributed by atoms with Gasteiger partial charge in [0.15, 0.2) is 0 Å². The summed E-state index contributed by atoms with van der Waals surface area (Å²) in [7, 11) is 1.68. The van der Waals surface area contributed by atoms with E-state index in [2.05, 4.69) is 56.3 Å². The van der Waals surface area contributed by atoms with Crippen LogP contribution in [0.25, 0.3) is 28.3 Å². The molecule has 2 aromatic carbocycles. The molecule has 3 rings (SSSR count). The van der Waals surface area contributed by atoms with Crippen LogP contribution in [0, 0.1) is 6.92 Å². The van der Waals surface area contributed by atoms with Crippen LogP contribution in [0.2, 0.25) is 0 Å². The van der Waals surface area contributed by atoms with Gasteiger partial charge in [0.2, 0.25) is 0 Å². The summed E-state index contributed by atoms with van der Waals surface area (Å²) in [5.74, 6) is 2.68. The molecule has 1 aromatic heterocycles. The number of aryl methyl sites for hydroxylation is 1. The van der Waals surface area contributed by atoms with Crippen molar-refractivity contribution in [1.29, 1.82) is 0 Å². The number of hydrogen-bond acceptors (Lipinski definition) is 2. The minimum Gasteiger partial charge on any atom is -0.497 e. The van der Waals surface area contributed by atoms with Crippen LogP contribution in [0.15, 0.2) is 64.6 Å². The van der Waals surface area contributed by atoms with Crippen LogP contribution < -0.4 is 4.74 Å². The minimum absolute atomic E-state index is 0.852. The molecular formula is C22H22O2. The van der Waals surface area contributed by atoms with Crippen molar-refractivity contribution >= 4 is 6.08 Å². The third-order valence-electron chi connectivity index (χ3n) is 3.97.